The molecule has 0 amide bonds. The van der Waals surface area contributed by atoms with Gasteiger partial charge in [0.15, 0.2) is 0 Å². The first-order chi connectivity index (χ1) is 8.14. The second-order valence-electron chi connectivity index (χ2n) is 4.16. The predicted octanol–water partition coefficient (Wildman–Crippen LogP) is -0.954. The molecular formula is C11H22O6. The Morgan fingerprint density at radius 3 is 1.88 bits per heavy atom. The molecule has 17 heavy (non-hydrogen) atoms. The van der Waals surface area contributed by atoms with Gasteiger partial charge < -0.3 is 25.2 Å². The van der Waals surface area contributed by atoms with Crippen LogP contribution in [0.1, 0.15) is 25.7 Å². The van der Waals surface area contributed by atoms with Crippen LogP contribution in [0.2, 0.25) is 0 Å². The molecule has 6 nitrogen and oxygen atoms in total. The number of aliphatic hydroxyl groups is 4. The van der Waals surface area contributed by atoms with E-state index in [9.17, 15) is 4.79 Å². The number of rotatable bonds is 4. The molecule has 4 N–H and O–H groups in total. The van der Waals surface area contributed by atoms with Crippen LogP contribution in [-0.4, -0.2) is 59.4 Å². The Morgan fingerprint density at radius 2 is 1.47 bits per heavy atom. The minimum absolute atomic E-state index is 0.0255. The van der Waals surface area contributed by atoms with E-state index in [1.54, 1.807) is 0 Å². The highest BCUT2D eigenvalue weighted by atomic mass is 16.5. The quantitative estimate of drug-likeness (QED) is 0.479. The highest BCUT2D eigenvalue weighted by molar-refractivity contribution is 5.69. The van der Waals surface area contributed by atoms with Gasteiger partial charge in [-0.25, -0.2) is 0 Å². The molecule has 0 saturated carbocycles. The summed E-state index contributed by atoms with van der Waals surface area (Å²) in [5.41, 5.74) is -1.11. The van der Waals surface area contributed by atoms with Crippen molar-refractivity contribution in [1.82, 2.24) is 0 Å². The lowest BCUT2D eigenvalue weighted by molar-refractivity contribution is -0.142. The lowest BCUT2D eigenvalue weighted by atomic mass is 9.93. The number of carbonyl (C=O) groups excluding carboxylic acids is 1. The maximum absolute atomic E-state index is 10.5. The zero-order chi connectivity index (χ0) is 13.1. The Labute approximate surface area is 101 Å². The molecule has 1 saturated heterocycles. The standard InChI is InChI=1S/C6H10O2.C5H12O4/c7-6-4-2-1-3-5-8-6;6-1-5(2-7,3-8)4-9/h1-5H2;6-9H,1-4H2. The topological polar surface area (TPSA) is 107 Å². The first kappa shape index (κ1) is 16.3. The summed E-state index contributed by atoms with van der Waals surface area (Å²) in [6.45, 7) is -0.987. The Balaban J connectivity index is 0.000000302. The number of hydrogen-bond acceptors (Lipinski definition) is 6. The summed E-state index contributed by atoms with van der Waals surface area (Å²) < 4.78 is 4.76. The molecule has 102 valence electrons. The number of hydrogen-bond donors (Lipinski definition) is 4. The van der Waals surface area contributed by atoms with Crippen molar-refractivity contribution in [2.75, 3.05) is 33.0 Å². The van der Waals surface area contributed by atoms with E-state index in [2.05, 4.69) is 0 Å². The van der Waals surface area contributed by atoms with E-state index in [1.807, 2.05) is 0 Å². The SMILES string of the molecule is O=C1CCCCCO1.OCC(CO)(CO)CO. The summed E-state index contributed by atoms with van der Waals surface area (Å²) in [5.74, 6) is -0.0255. The van der Waals surface area contributed by atoms with E-state index < -0.39 is 31.8 Å². The molecule has 0 spiro atoms. The van der Waals surface area contributed by atoms with Crippen LogP contribution in [0, 0.1) is 5.41 Å². The minimum atomic E-state index is -1.11. The second-order valence-corrected chi connectivity index (χ2v) is 4.16. The second kappa shape index (κ2) is 9.35. The number of esters is 1. The first-order valence-corrected chi connectivity index (χ1v) is 5.73. The van der Waals surface area contributed by atoms with Crippen LogP contribution in [0.5, 0.6) is 0 Å². The smallest absolute Gasteiger partial charge is 0.305 e. The Morgan fingerprint density at radius 1 is 0.941 bits per heavy atom. The lowest BCUT2D eigenvalue weighted by Crippen LogP contribution is -2.37. The monoisotopic (exact) mass is 250 g/mol. The fraction of sp³-hybridized carbons (Fsp3) is 0.909. The Bertz CT molecular complexity index is 175. The van der Waals surface area contributed by atoms with Crippen LogP contribution < -0.4 is 0 Å². The van der Waals surface area contributed by atoms with Gasteiger partial charge in [-0.2, -0.15) is 0 Å². The minimum Gasteiger partial charge on any atom is -0.466 e. The maximum Gasteiger partial charge on any atom is 0.305 e. The van der Waals surface area contributed by atoms with Crippen molar-refractivity contribution in [2.45, 2.75) is 25.7 Å². The van der Waals surface area contributed by atoms with Crippen molar-refractivity contribution in [3.8, 4) is 0 Å². The van der Waals surface area contributed by atoms with Crippen LogP contribution in [0.4, 0.5) is 0 Å². The summed E-state index contributed by atoms with van der Waals surface area (Å²) in [6, 6.07) is 0. The van der Waals surface area contributed by atoms with Gasteiger partial charge >= 0.3 is 5.97 Å². The van der Waals surface area contributed by atoms with Crippen molar-refractivity contribution in [3.05, 3.63) is 0 Å². The van der Waals surface area contributed by atoms with E-state index in [-0.39, 0.29) is 5.97 Å². The van der Waals surface area contributed by atoms with Gasteiger partial charge in [0.25, 0.3) is 0 Å². The average molecular weight is 250 g/mol. The normalized spacial score (nSPS) is 16.6. The highest BCUT2D eigenvalue weighted by Gasteiger charge is 2.26. The van der Waals surface area contributed by atoms with Gasteiger partial charge in [0.2, 0.25) is 0 Å². The zero-order valence-corrected chi connectivity index (χ0v) is 9.97. The van der Waals surface area contributed by atoms with E-state index in [1.165, 1.54) is 0 Å². The summed E-state index contributed by atoms with van der Waals surface area (Å²) in [4.78, 5) is 10.5. The molecule has 0 bridgehead atoms. The fourth-order valence-corrected chi connectivity index (χ4v) is 1.11. The molecule has 0 atom stereocenters. The highest BCUT2D eigenvalue weighted by Crippen LogP contribution is 2.11. The largest absolute Gasteiger partial charge is 0.466 e. The van der Waals surface area contributed by atoms with Gasteiger partial charge in [-0.3, -0.25) is 4.79 Å². The molecule has 0 unspecified atom stereocenters. The van der Waals surface area contributed by atoms with E-state index in [0.717, 1.165) is 19.3 Å². The summed E-state index contributed by atoms with van der Waals surface area (Å²) in [6.07, 6.45) is 3.83. The fourth-order valence-electron chi connectivity index (χ4n) is 1.11. The van der Waals surface area contributed by atoms with Gasteiger partial charge in [0.1, 0.15) is 0 Å². The van der Waals surface area contributed by atoms with Crippen LogP contribution in [0.3, 0.4) is 0 Å². The van der Waals surface area contributed by atoms with Gasteiger partial charge in [0.05, 0.1) is 38.4 Å². The number of cyclic esters (lactones) is 1. The molecule has 0 aliphatic carbocycles. The van der Waals surface area contributed by atoms with Crippen LogP contribution >= 0.6 is 0 Å². The molecule has 0 aromatic rings. The third-order valence-electron chi connectivity index (χ3n) is 2.63. The van der Waals surface area contributed by atoms with Crippen LogP contribution in [0.25, 0.3) is 0 Å². The molecular weight excluding hydrogens is 228 g/mol. The molecule has 0 aromatic carbocycles. The number of carbonyl (C=O) groups is 1. The van der Waals surface area contributed by atoms with Gasteiger partial charge in [-0.15, -0.1) is 0 Å². The number of ether oxygens (including phenoxy) is 1. The Kier molecular flexibility index (Phi) is 8.97. The number of aliphatic hydroxyl groups excluding tert-OH is 4. The summed E-state index contributed by atoms with van der Waals surface area (Å²) in [5, 5.41) is 34.0. The average Bonchev–Trinajstić information content (AvgIpc) is 2.61. The molecule has 1 rings (SSSR count). The van der Waals surface area contributed by atoms with Crippen molar-refractivity contribution in [3.63, 3.8) is 0 Å². The van der Waals surface area contributed by atoms with E-state index in [4.69, 9.17) is 25.2 Å². The van der Waals surface area contributed by atoms with E-state index in [0.29, 0.717) is 13.0 Å². The molecule has 1 aliphatic heterocycles. The van der Waals surface area contributed by atoms with Gasteiger partial charge in [0, 0.05) is 6.42 Å². The van der Waals surface area contributed by atoms with Crippen LogP contribution in [-0.2, 0) is 9.53 Å². The van der Waals surface area contributed by atoms with Crippen molar-refractivity contribution < 1.29 is 30.0 Å². The van der Waals surface area contributed by atoms with Crippen molar-refractivity contribution in [1.29, 1.82) is 0 Å². The van der Waals surface area contributed by atoms with Gasteiger partial charge in [-0.05, 0) is 19.3 Å². The molecule has 0 radical (unpaired) electrons. The van der Waals surface area contributed by atoms with Crippen LogP contribution in [0.15, 0.2) is 0 Å². The van der Waals surface area contributed by atoms with Crippen molar-refractivity contribution >= 4 is 5.97 Å². The van der Waals surface area contributed by atoms with E-state index >= 15 is 0 Å². The first-order valence-electron chi connectivity index (χ1n) is 5.73. The molecule has 6 heteroatoms. The molecule has 1 heterocycles. The third-order valence-corrected chi connectivity index (χ3v) is 2.63. The van der Waals surface area contributed by atoms with Crippen molar-refractivity contribution in [2.24, 2.45) is 5.41 Å². The Hall–Kier alpha value is -0.690. The molecule has 0 aromatic heterocycles. The zero-order valence-electron chi connectivity index (χ0n) is 9.97. The van der Waals surface area contributed by atoms with Gasteiger partial charge in [-0.1, -0.05) is 0 Å². The molecule has 1 aliphatic rings. The third kappa shape index (κ3) is 6.58. The predicted molar refractivity (Wildman–Crippen MR) is 60.2 cm³/mol. The summed E-state index contributed by atoms with van der Waals surface area (Å²) >= 11 is 0. The lowest BCUT2D eigenvalue weighted by Gasteiger charge is -2.23. The molecule has 1 fully saturated rings. The maximum atomic E-state index is 10.5. The summed E-state index contributed by atoms with van der Waals surface area (Å²) in [7, 11) is 0.